The van der Waals surface area contributed by atoms with Crippen molar-refractivity contribution in [1.82, 2.24) is 0 Å². The molecule has 0 aliphatic carbocycles. The Morgan fingerprint density at radius 3 is 1.95 bits per heavy atom. The zero-order chi connectivity index (χ0) is 16.1. The molecule has 2 aromatic carbocycles. The van der Waals surface area contributed by atoms with Crippen LogP contribution in [0.5, 0.6) is 11.5 Å². The second-order valence-corrected chi connectivity index (χ2v) is 5.21. The van der Waals surface area contributed by atoms with Gasteiger partial charge in [-0.15, -0.1) is 0 Å². The summed E-state index contributed by atoms with van der Waals surface area (Å²) in [6, 6.07) is 11.9. The van der Waals surface area contributed by atoms with Crippen LogP contribution in [0.4, 0.5) is 0 Å². The molecule has 5 heteroatoms. The summed E-state index contributed by atoms with van der Waals surface area (Å²) < 4.78 is 0. The van der Waals surface area contributed by atoms with Crippen molar-refractivity contribution in [3.05, 3.63) is 59.7 Å². The van der Waals surface area contributed by atoms with Crippen molar-refractivity contribution in [2.45, 2.75) is 18.4 Å². The van der Waals surface area contributed by atoms with Crippen LogP contribution in [-0.2, 0) is 11.2 Å². The Bertz CT molecular complexity index is 622. The molecule has 2 rings (SSSR count). The van der Waals surface area contributed by atoms with Crippen molar-refractivity contribution in [3.63, 3.8) is 0 Å². The van der Waals surface area contributed by atoms with E-state index in [4.69, 9.17) is 5.73 Å². The van der Waals surface area contributed by atoms with Crippen LogP contribution >= 0.6 is 0 Å². The summed E-state index contributed by atoms with van der Waals surface area (Å²) in [7, 11) is 0. The quantitative estimate of drug-likeness (QED) is 0.644. The van der Waals surface area contributed by atoms with Crippen molar-refractivity contribution in [1.29, 1.82) is 0 Å². The zero-order valence-electron chi connectivity index (χ0n) is 12.0. The summed E-state index contributed by atoms with van der Waals surface area (Å²) in [4.78, 5) is 12.4. The van der Waals surface area contributed by atoms with Gasteiger partial charge in [-0.2, -0.15) is 0 Å². The Hall–Kier alpha value is -2.37. The molecule has 0 saturated carbocycles. The van der Waals surface area contributed by atoms with Crippen LogP contribution in [0, 0.1) is 0 Å². The summed E-state index contributed by atoms with van der Waals surface area (Å²) in [6.45, 7) is -0.340. The molecule has 2 aromatic rings. The number of hydrogen-bond acceptors (Lipinski definition) is 5. The van der Waals surface area contributed by atoms with Gasteiger partial charge in [0.15, 0.2) is 5.78 Å². The van der Waals surface area contributed by atoms with E-state index in [0.717, 1.165) is 5.56 Å². The van der Waals surface area contributed by atoms with E-state index in [-0.39, 0.29) is 23.9 Å². The van der Waals surface area contributed by atoms with Gasteiger partial charge in [0.2, 0.25) is 0 Å². The van der Waals surface area contributed by atoms with Gasteiger partial charge in [0, 0.05) is 0 Å². The SMILES string of the molecule is N[C@@H](Cc1ccc(O)cc1)C(=O)C(CO)c1ccc(O)cc1. The summed E-state index contributed by atoms with van der Waals surface area (Å²) in [5, 5.41) is 28.0. The predicted molar refractivity (Wildman–Crippen MR) is 82.7 cm³/mol. The molecule has 0 aliphatic rings. The molecule has 0 saturated heterocycles. The fourth-order valence-electron chi connectivity index (χ4n) is 2.31. The maximum Gasteiger partial charge on any atom is 0.159 e. The van der Waals surface area contributed by atoms with Crippen LogP contribution in [0.3, 0.4) is 0 Å². The van der Waals surface area contributed by atoms with E-state index in [0.29, 0.717) is 12.0 Å². The number of aliphatic hydroxyl groups is 1. The van der Waals surface area contributed by atoms with E-state index in [9.17, 15) is 20.1 Å². The predicted octanol–water partition coefficient (Wildman–Crippen LogP) is 1.31. The molecule has 0 aliphatic heterocycles. The number of ketones is 1. The van der Waals surface area contributed by atoms with Crippen LogP contribution in [0.1, 0.15) is 17.0 Å². The molecule has 22 heavy (non-hydrogen) atoms. The normalized spacial score (nSPS) is 13.5. The van der Waals surface area contributed by atoms with Gasteiger partial charge >= 0.3 is 0 Å². The van der Waals surface area contributed by atoms with E-state index >= 15 is 0 Å². The number of aliphatic hydroxyl groups excluding tert-OH is 1. The second-order valence-electron chi connectivity index (χ2n) is 5.21. The summed E-state index contributed by atoms with van der Waals surface area (Å²) in [6.07, 6.45) is 0.327. The highest BCUT2D eigenvalue weighted by Gasteiger charge is 2.25. The molecule has 0 spiro atoms. The molecular weight excluding hydrogens is 282 g/mol. The van der Waals surface area contributed by atoms with E-state index in [2.05, 4.69) is 0 Å². The number of benzene rings is 2. The van der Waals surface area contributed by atoms with Gasteiger partial charge in [-0.3, -0.25) is 4.79 Å². The van der Waals surface area contributed by atoms with E-state index in [1.807, 2.05) is 0 Å². The highest BCUT2D eigenvalue weighted by atomic mass is 16.3. The lowest BCUT2D eigenvalue weighted by Gasteiger charge is -2.18. The largest absolute Gasteiger partial charge is 0.508 e. The third kappa shape index (κ3) is 3.84. The number of rotatable bonds is 6. The highest BCUT2D eigenvalue weighted by molar-refractivity contribution is 5.90. The third-order valence-electron chi connectivity index (χ3n) is 3.58. The molecule has 0 amide bonds. The first kappa shape index (κ1) is 16.0. The fraction of sp³-hybridized carbons (Fsp3) is 0.235. The second kappa shape index (κ2) is 7.06. The first-order valence-electron chi connectivity index (χ1n) is 6.98. The number of phenolic OH excluding ortho intramolecular Hbond substituents is 2. The summed E-state index contributed by atoms with van der Waals surface area (Å²) in [5.41, 5.74) is 7.41. The fourth-order valence-corrected chi connectivity index (χ4v) is 2.31. The van der Waals surface area contributed by atoms with Crippen LogP contribution < -0.4 is 5.73 Å². The van der Waals surface area contributed by atoms with Crippen molar-refractivity contribution in [3.8, 4) is 11.5 Å². The van der Waals surface area contributed by atoms with E-state index in [1.165, 1.54) is 24.3 Å². The van der Waals surface area contributed by atoms with Crippen molar-refractivity contribution < 1.29 is 20.1 Å². The van der Waals surface area contributed by atoms with Crippen LogP contribution in [0.25, 0.3) is 0 Å². The number of aromatic hydroxyl groups is 2. The summed E-state index contributed by atoms with van der Waals surface area (Å²) in [5.74, 6) is -0.726. The maximum atomic E-state index is 12.4. The monoisotopic (exact) mass is 301 g/mol. The van der Waals surface area contributed by atoms with Crippen LogP contribution in [0.15, 0.2) is 48.5 Å². The average Bonchev–Trinajstić information content (AvgIpc) is 2.52. The van der Waals surface area contributed by atoms with Gasteiger partial charge in [0.25, 0.3) is 0 Å². The third-order valence-corrected chi connectivity index (χ3v) is 3.58. The van der Waals surface area contributed by atoms with Crippen molar-refractivity contribution in [2.24, 2.45) is 5.73 Å². The molecular formula is C17H19NO4. The molecule has 0 heterocycles. The smallest absolute Gasteiger partial charge is 0.159 e. The van der Waals surface area contributed by atoms with Crippen molar-refractivity contribution in [2.75, 3.05) is 6.61 Å². The molecule has 1 unspecified atom stereocenters. The first-order chi connectivity index (χ1) is 10.5. The number of nitrogens with two attached hydrogens (primary N) is 1. The van der Waals surface area contributed by atoms with Crippen molar-refractivity contribution >= 4 is 5.78 Å². The molecule has 0 bridgehead atoms. The van der Waals surface area contributed by atoms with Crippen LogP contribution in [0.2, 0.25) is 0 Å². The molecule has 5 nitrogen and oxygen atoms in total. The van der Waals surface area contributed by atoms with Gasteiger partial charge in [0.05, 0.1) is 18.6 Å². The Balaban J connectivity index is 2.10. The Kier molecular flexibility index (Phi) is 5.14. The number of Topliss-reactive ketones (excluding diaryl/α,β-unsaturated/α-hetero) is 1. The van der Waals surface area contributed by atoms with Crippen LogP contribution in [-0.4, -0.2) is 33.8 Å². The lowest BCUT2D eigenvalue weighted by molar-refractivity contribution is -0.122. The molecule has 0 radical (unpaired) electrons. The van der Waals surface area contributed by atoms with Gasteiger partial charge in [0.1, 0.15) is 11.5 Å². The lowest BCUT2D eigenvalue weighted by Crippen LogP contribution is -2.37. The molecule has 2 atom stereocenters. The molecule has 5 N–H and O–H groups in total. The van der Waals surface area contributed by atoms with Gasteiger partial charge < -0.3 is 21.1 Å². The minimum atomic E-state index is -0.754. The summed E-state index contributed by atoms with van der Waals surface area (Å²) >= 11 is 0. The Labute approximate surface area is 128 Å². The number of carbonyl (C=O) groups excluding carboxylic acids is 1. The topological polar surface area (TPSA) is 104 Å². The minimum absolute atomic E-state index is 0.0984. The van der Waals surface area contributed by atoms with Gasteiger partial charge in [-0.05, 0) is 41.8 Å². The van der Waals surface area contributed by atoms with E-state index < -0.39 is 12.0 Å². The Morgan fingerprint density at radius 1 is 0.955 bits per heavy atom. The lowest BCUT2D eigenvalue weighted by atomic mass is 9.89. The molecule has 0 aromatic heterocycles. The molecule has 116 valence electrons. The highest BCUT2D eigenvalue weighted by Crippen LogP contribution is 2.21. The maximum absolute atomic E-state index is 12.4. The number of hydrogen-bond donors (Lipinski definition) is 4. The van der Waals surface area contributed by atoms with Gasteiger partial charge in [-0.1, -0.05) is 24.3 Å². The first-order valence-corrected chi connectivity index (χ1v) is 6.98. The minimum Gasteiger partial charge on any atom is -0.508 e. The number of carbonyl (C=O) groups is 1. The molecule has 0 fully saturated rings. The zero-order valence-corrected chi connectivity index (χ0v) is 12.0. The van der Waals surface area contributed by atoms with E-state index in [1.54, 1.807) is 24.3 Å². The number of phenols is 2. The Morgan fingerprint density at radius 2 is 1.45 bits per heavy atom. The van der Waals surface area contributed by atoms with Gasteiger partial charge in [-0.25, -0.2) is 0 Å². The average molecular weight is 301 g/mol. The standard InChI is InChI=1S/C17H19NO4/c18-16(9-11-1-5-13(20)6-2-11)17(22)15(10-19)12-3-7-14(21)8-4-12/h1-8,15-16,19-21H,9-10,18H2/t15?,16-/m0/s1.